The van der Waals surface area contributed by atoms with Gasteiger partial charge in [0, 0.05) is 46.1 Å². The number of aromatic amines is 1. The fourth-order valence-electron chi connectivity index (χ4n) is 8.07. The summed E-state index contributed by atoms with van der Waals surface area (Å²) in [5.41, 5.74) is 2.17. The number of rotatable bonds is 16. The highest BCUT2D eigenvalue weighted by atomic mass is 16.5. The molecule has 0 radical (unpaired) electrons. The number of H-pyrrole nitrogens is 1. The second-order valence-corrected chi connectivity index (χ2v) is 15.9. The van der Waals surface area contributed by atoms with E-state index in [2.05, 4.69) is 86.5 Å². The van der Waals surface area contributed by atoms with Crippen LogP contribution in [-0.4, -0.2) is 127 Å². The normalized spacial score (nSPS) is 21.7. The van der Waals surface area contributed by atoms with Crippen LogP contribution in [0.15, 0.2) is 42.6 Å². The van der Waals surface area contributed by atoms with Gasteiger partial charge in [-0.3, -0.25) is 24.3 Å². The fourth-order valence-corrected chi connectivity index (χ4v) is 8.07. The molecule has 4 amide bonds. The molecule has 3 heterocycles. The molecule has 1 aliphatic carbocycles. The number of carbonyl (C=O) groups is 4. The number of nitrogens with zero attached hydrogens (tertiary/aromatic N) is 4. The molecule has 9 unspecified atom stereocenters. The predicted molar refractivity (Wildman–Crippen MR) is 233 cm³/mol. The molecule has 0 spiro atoms. The predicted octanol–water partition coefficient (Wildman–Crippen LogP) is 6.23. The number of ether oxygens (including phenoxy) is 2. The number of benzene rings is 1. The summed E-state index contributed by atoms with van der Waals surface area (Å²) in [4.78, 5) is 51.5. The highest BCUT2D eigenvalue weighted by molar-refractivity contribution is 5.80. The summed E-state index contributed by atoms with van der Waals surface area (Å²) < 4.78 is 11.0. The molecule has 13 heteroatoms. The molecule has 1 aromatic heterocycles. The average Bonchev–Trinajstić information content (AvgIpc) is 4.07. The zero-order chi connectivity index (χ0) is 43.6. The number of fused-ring (bicyclic) bond motifs is 2. The van der Waals surface area contributed by atoms with Crippen molar-refractivity contribution >= 4 is 24.6 Å². The van der Waals surface area contributed by atoms with Crippen molar-refractivity contribution in [2.45, 2.75) is 150 Å². The van der Waals surface area contributed by atoms with Crippen LogP contribution in [0.2, 0.25) is 0 Å². The lowest BCUT2D eigenvalue weighted by Crippen LogP contribution is -2.51. The third kappa shape index (κ3) is 17.2. The van der Waals surface area contributed by atoms with Crippen LogP contribution < -0.4 is 10.6 Å². The Balaban J connectivity index is 0.000000405. The summed E-state index contributed by atoms with van der Waals surface area (Å²) in [5.74, 6) is 0.876. The molecule has 1 aromatic carbocycles. The maximum Gasteiger partial charge on any atom is 0.242 e. The zero-order valence-corrected chi connectivity index (χ0v) is 37.9. The third-order valence-electron chi connectivity index (χ3n) is 11.8. The van der Waals surface area contributed by atoms with E-state index in [1.54, 1.807) is 37.3 Å². The molecule has 3 fully saturated rings. The maximum absolute atomic E-state index is 12.3. The molecule has 3 N–H and O–H groups in total. The van der Waals surface area contributed by atoms with Gasteiger partial charge in [-0.25, -0.2) is 0 Å². The standard InChI is InChI=1S/C14H22N4O3.C13H26N2O3.C8H15N.C7H8.C3H8/c1-10(14(20)15-8-11-5-6-16-17-11)13(21-2)12-4-3-7-18(12)9-19;1-6-10(3)13(11(7-2)18-5)15(4)12(17)8-14-9-16;1-6-7-3-4-8(5-7)9(6)2;1-7-5-3-2-4-6-7;1-3-2/h5-6,9-10,12-13H,3-4,7-8H2,1-2H3,(H,15,20)(H,16,17);9-11,13H,6-8H2,1-5H3,(H,14,16);6-8H,3-5H2,1-2H3;2-6H,1H3;3H2,1-2H3. The van der Waals surface area contributed by atoms with Crippen molar-refractivity contribution in [2.75, 3.05) is 41.4 Å². The van der Waals surface area contributed by atoms with Crippen LogP contribution >= 0.6 is 0 Å². The van der Waals surface area contributed by atoms with E-state index in [0.717, 1.165) is 62.3 Å². The first-order valence-electron chi connectivity index (χ1n) is 21.5. The lowest BCUT2D eigenvalue weighted by atomic mass is 9.91. The van der Waals surface area contributed by atoms with Gasteiger partial charge in [0.25, 0.3) is 0 Å². The second-order valence-electron chi connectivity index (χ2n) is 15.9. The van der Waals surface area contributed by atoms with E-state index >= 15 is 0 Å². The molecule has 2 bridgehead atoms. The van der Waals surface area contributed by atoms with Gasteiger partial charge in [-0.1, -0.05) is 90.3 Å². The van der Waals surface area contributed by atoms with Gasteiger partial charge in [-0.2, -0.15) is 5.10 Å². The Labute approximate surface area is 350 Å². The number of hydrogen-bond acceptors (Lipinski definition) is 8. The van der Waals surface area contributed by atoms with Gasteiger partial charge in [-0.05, 0) is 77.3 Å². The largest absolute Gasteiger partial charge is 0.379 e. The molecule has 1 saturated carbocycles. The number of piperidine rings is 1. The molecule has 5 rings (SSSR count). The Morgan fingerprint density at radius 3 is 2.12 bits per heavy atom. The fraction of sp³-hybridized carbons (Fsp3) is 0.711. The van der Waals surface area contributed by atoms with E-state index in [4.69, 9.17) is 9.47 Å². The van der Waals surface area contributed by atoms with Gasteiger partial charge in [0.1, 0.15) is 0 Å². The number of nitrogens with one attached hydrogen (secondary N) is 3. The van der Waals surface area contributed by atoms with Gasteiger partial charge in [0.2, 0.25) is 24.6 Å². The van der Waals surface area contributed by atoms with Crippen LogP contribution in [0.1, 0.15) is 111 Å². The lowest BCUT2D eigenvalue weighted by molar-refractivity contribution is -0.136. The van der Waals surface area contributed by atoms with E-state index in [1.165, 1.54) is 31.2 Å². The summed E-state index contributed by atoms with van der Waals surface area (Å²) in [5, 5.41) is 11.9. The number of likely N-dealkylation sites (tertiary alicyclic amines) is 2. The van der Waals surface area contributed by atoms with E-state index in [1.807, 2.05) is 38.1 Å². The van der Waals surface area contributed by atoms with Gasteiger partial charge in [-0.15, -0.1) is 0 Å². The molecule has 330 valence electrons. The highest BCUT2D eigenvalue weighted by Gasteiger charge is 2.41. The van der Waals surface area contributed by atoms with Crippen LogP contribution in [0.25, 0.3) is 0 Å². The summed E-state index contributed by atoms with van der Waals surface area (Å²) in [6.07, 6.45) is 12.1. The average molecular weight is 814 g/mol. The minimum absolute atomic E-state index is 0.0186. The third-order valence-corrected chi connectivity index (χ3v) is 11.8. The quantitative estimate of drug-likeness (QED) is 0.169. The van der Waals surface area contributed by atoms with Gasteiger partial charge < -0.3 is 34.8 Å². The molecule has 3 aliphatic rings. The number of hydrogen-bond donors (Lipinski definition) is 3. The van der Waals surface area contributed by atoms with Crippen LogP contribution in [-0.2, 0) is 35.2 Å². The van der Waals surface area contributed by atoms with Crippen LogP contribution in [0.5, 0.6) is 0 Å². The van der Waals surface area contributed by atoms with Gasteiger partial charge in [0.15, 0.2) is 0 Å². The van der Waals surface area contributed by atoms with Crippen molar-refractivity contribution in [3.63, 3.8) is 0 Å². The van der Waals surface area contributed by atoms with Crippen molar-refractivity contribution in [3.8, 4) is 0 Å². The van der Waals surface area contributed by atoms with E-state index in [-0.39, 0.29) is 48.6 Å². The SMILES string of the molecule is CC1C2CCC(C2)N1C.CCC.CCC(C)C(C(CC)OC)N(C)C(=O)CNC=O.COC(C(C)C(=O)NCc1ccn[nH]1)C1CCCN1C=O.Cc1ccccc1. The van der Waals surface area contributed by atoms with Crippen LogP contribution in [0.3, 0.4) is 0 Å². The van der Waals surface area contributed by atoms with Crippen LogP contribution in [0.4, 0.5) is 0 Å². The summed E-state index contributed by atoms with van der Waals surface area (Å²) in [6.45, 7) is 18.0. The van der Waals surface area contributed by atoms with Crippen molar-refractivity contribution in [1.82, 2.24) is 35.5 Å². The topological polar surface area (TPSA) is 149 Å². The first-order chi connectivity index (χ1) is 27.8. The number of likely N-dealkylation sites (N-methyl/N-ethyl adjacent to an activating group) is 1. The van der Waals surface area contributed by atoms with Crippen LogP contribution in [0, 0.1) is 24.7 Å². The molecule has 2 aliphatic heterocycles. The van der Waals surface area contributed by atoms with E-state index in [9.17, 15) is 19.2 Å². The molecule has 13 nitrogen and oxygen atoms in total. The first-order valence-corrected chi connectivity index (χ1v) is 21.5. The van der Waals surface area contributed by atoms with Crippen molar-refractivity contribution in [2.24, 2.45) is 17.8 Å². The number of methoxy groups -OCH3 is 2. The highest BCUT2D eigenvalue weighted by Crippen LogP contribution is 2.40. The molecular formula is C45H79N7O6. The molecule has 58 heavy (non-hydrogen) atoms. The number of carbonyl (C=O) groups excluding carboxylic acids is 4. The first kappa shape index (κ1) is 52.2. The minimum atomic E-state index is -0.330. The zero-order valence-electron chi connectivity index (χ0n) is 37.9. The Kier molecular flexibility index (Phi) is 26.5. The maximum atomic E-state index is 12.3. The molecular weight excluding hydrogens is 735 g/mol. The molecule has 9 atom stereocenters. The lowest BCUT2D eigenvalue weighted by Gasteiger charge is -2.37. The van der Waals surface area contributed by atoms with Crippen molar-refractivity contribution in [3.05, 3.63) is 53.9 Å². The van der Waals surface area contributed by atoms with E-state index < -0.39 is 0 Å². The monoisotopic (exact) mass is 814 g/mol. The van der Waals surface area contributed by atoms with E-state index in [0.29, 0.717) is 18.9 Å². The Bertz CT molecular complexity index is 1360. The summed E-state index contributed by atoms with van der Waals surface area (Å²) in [7, 11) is 7.30. The van der Waals surface area contributed by atoms with Gasteiger partial charge >= 0.3 is 0 Å². The Hall–Kier alpha value is -3.81. The smallest absolute Gasteiger partial charge is 0.242 e. The molecule has 2 saturated heterocycles. The second kappa shape index (κ2) is 29.4. The summed E-state index contributed by atoms with van der Waals surface area (Å²) >= 11 is 0. The number of aromatic nitrogens is 2. The number of aryl methyl sites for hydroxylation is 1. The number of amides is 4. The Morgan fingerprint density at radius 2 is 1.69 bits per heavy atom. The minimum Gasteiger partial charge on any atom is -0.379 e. The van der Waals surface area contributed by atoms with Gasteiger partial charge in [0.05, 0.1) is 49.0 Å². The Morgan fingerprint density at radius 1 is 1.02 bits per heavy atom. The van der Waals surface area contributed by atoms with Crippen molar-refractivity contribution in [1.29, 1.82) is 0 Å². The molecule has 2 aromatic rings. The van der Waals surface area contributed by atoms with Crippen molar-refractivity contribution < 1.29 is 28.7 Å². The summed E-state index contributed by atoms with van der Waals surface area (Å²) in [6, 6.07) is 13.9.